The molecule has 0 fully saturated rings. The zero-order valence-corrected chi connectivity index (χ0v) is 16.5. The highest BCUT2D eigenvalue weighted by molar-refractivity contribution is 6.05. The lowest BCUT2D eigenvalue weighted by Crippen LogP contribution is -2.40. The molecule has 1 unspecified atom stereocenters. The Labute approximate surface area is 165 Å². The molecule has 0 heterocycles. The van der Waals surface area contributed by atoms with Crippen molar-refractivity contribution < 1.29 is 19.5 Å². The van der Waals surface area contributed by atoms with Gasteiger partial charge < -0.3 is 14.9 Å². The Morgan fingerprint density at radius 1 is 0.929 bits per heavy atom. The largest absolute Gasteiger partial charge is 0.481 e. The summed E-state index contributed by atoms with van der Waals surface area (Å²) in [7, 11) is 1.69. The smallest absolute Gasteiger partial charge is 0.316 e. The number of hydrogen-bond donors (Lipinski definition) is 1. The van der Waals surface area contributed by atoms with Crippen molar-refractivity contribution in [1.29, 1.82) is 0 Å². The summed E-state index contributed by atoms with van der Waals surface area (Å²) >= 11 is 0. The molecule has 2 aromatic rings. The second kappa shape index (κ2) is 9.69. The lowest BCUT2D eigenvalue weighted by atomic mass is 9.97. The van der Waals surface area contributed by atoms with E-state index in [2.05, 4.69) is 0 Å². The van der Waals surface area contributed by atoms with E-state index in [9.17, 15) is 19.5 Å². The molecular weight excluding hydrogens is 356 g/mol. The Bertz CT molecular complexity index is 814. The van der Waals surface area contributed by atoms with Crippen LogP contribution >= 0.6 is 0 Å². The first-order chi connectivity index (χ1) is 13.4. The van der Waals surface area contributed by atoms with Crippen LogP contribution in [0.5, 0.6) is 0 Å². The summed E-state index contributed by atoms with van der Waals surface area (Å²) in [5, 5.41) is 9.49. The van der Waals surface area contributed by atoms with Crippen molar-refractivity contribution in [1.82, 2.24) is 4.90 Å². The molecule has 1 N–H and O–H groups in total. The number of benzene rings is 2. The SMILES string of the molecule is CCN(CC)C(=O)C(Cc1ccc(N(C)C(=O)c2ccccc2)cc1)C(=O)O. The molecule has 2 rings (SSSR count). The molecule has 0 spiro atoms. The van der Waals surface area contributed by atoms with Crippen LogP contribution in [0.1, 0.15) is 29.8 Å². The maximum absolute atomic E-state index is 12.5. The van der Waals surface area contributed by atoms with E-state index in [-0.39, 0.29) is 18.2 Å². The van der Waals surface area contributed by atoms with E-state index in [0.29, 0.717) is 24.3 Å². The van der Waals surface area contributed by atoms with Gasteiger partial charge in [0.2, 0.25) is 5.91 Å². The molecule has 2 aromatic carbocycles. The number of anilines is 1. The number of amides is 2. The van der Waals surface area contributed by atoms with E-state index >= 15 is 0 Å². The molecule has 0 saturated heterocycles. The van der Waals surface area contributed by atoms with E-state index in [0.717, 1.165) is 5.56 Å². The molecule has 1 atom stereocenters. The van der Waals surface area contributed by atoms with E-state index in [1.807, 2.05) is 32.0 Å². The average molecular weight is 382 g/mol. The van der Waals surface area contributed by atoms with Gasteiger partial charge in [0.25, 0.3) is 5.91 Å². The summed E-state index contributed by atoms with van der Waals surface area (Å²) < 4.78 is 0. The van der Waals surface area contributed by atoms with Gasteiger partial charge in [0.15, 0.2) is 0 Å². The van der Waals surface area contributed by atoms with Crippen LogP contribution in [-0.4, -0.2) is 47.9 Å². The van der Waals surface area contributed by atoms with Crippen molar-refractivity contribution >= 4 is 23.5 Å². The van der Waals surface area contributed by atoms with Crippen LogP contribution in [0.25, 0.3) is 0 Å². The monoisotopic (exact) mass is 382 g/mol. The van der Waals surface area contributed by atoms with Gasteiger partial charge in [-0.25, -0.2) is 0 Å². The minimum Gasteiger partial charge on any atom is -0.481 e. The highest BCUT2D eigenvalue weighted by atomic mass is 16.4. The molecule has 2 amide bonds. The second-order valence-electron chi connectivity index (χ2n) is 6.50. The van der Waals surface area contributed by atoms with Crippen LogP contribution < -0.4 is 4.90 Å². The minimum absolute atomic E-state index is 0.112. The van der Waals surface area contributed by atoms with E-state index in [1.54, 1.807) is 43.4 Å². The predicted octanol–water partition coefficient (Wildman–Crippen LogP) is 3.07. The van der Waals surface area contributed by atoms with Gasteiger partial charge in [-0.1, -0.05) is 30.3 Å². The van der Waals surface area contributed by atoms with E-state index in [4.69, 9.17) is 0 Å². The molecule has 0 saturated carbocycles. The van der Waals surface area contributed by atoms with Crippen LogP contribution in [0, 0.1) is 5.92 Å². The maximum Gasteiger partial charge on any atom is 0.316 e. The molecule has 148 valence electrons. The molecule has 0 radical (unpaired) electrons. The maximum atomic E-state index is 12.5. The summed E-state index contributed by atoms with van der Waals surface area (Å²) in [5.41, 5.74) is 2.02. The third kappa shape index (κ3) is 4.97. The van der Waals surface area contributed by atoms with Gasteiger partial charge in [-0.15, -0.1) is 0 Å². The van der Waals surface area contributed by atoms with Crippen LogP contribution in [0.15, 0.2) is 54.6 Å². The molecule has 28 heavy (non-hydrogen) atoms. The fraction of sp³-hybridized carbons (Fsp3) is 0.318. The summed E-state index contributed by atoms with van der Waals surface area (Å²) in [6, 6.07) is 16.0. The van der Waals surface area contributed by atoms with E-state index in [1.165, 1.54) is 9.80 Å². The minimum atomic E-state index is -1.13. The first kappa shape index (κ1) is 21.2. The number of carbonyl (C=O) groups is 3. The molecule has 0 aliphatic heterocycles. The Hall–Kier alpha value is -3.15. The Morgan fingerprint density at radius 3 is 2.00 bits per heavy atom. The van der Waals surface area contributed by atoms with Gasteiger partial charge in [-0.2, -0.15) is 0 Å². The average Bonchev–Trinajstić information content (AvgIpc) is 2.72. The van der Waals surface area contributed by atoms with Crippen LogP contribution in [-0.2, 0) is 16.0 Å². The van der Waals surface area contributed by atoms with E-state index < -0.39 is 11.9 Å². The van der Waals surface area contributed by atoms with Gasteiger partial charge in [0.05, 0.1) is 0 Å². The van der Waals surface area contributed by atoms with Crippen molar-refractivity contribution in [3.63, 3.8) is 0 Å². The third-order valence-electron chi connectivity index (χ3n) is 4.76. The quantitative estimate of drug-likeness (QED) is 0.712. The summed E-state index contributed by atoms with van der Waals surface area (Å²) in [6.07, 6.45) is 0.112. The Kier molecular flexibility index (Phi) is 7.32. The number of nitrogens with zero attached hydrogens (tertiary/aromatic N) is 2. The molecule has 0 aliphatic rings. The zero-order valence-electron chi connectivity index (χ0n) is 16.5. The zero-order chi connectivity index (χ0) is 20.7. The Balaban J connectivity index is 2.13. The van der Waals surface area contributed by atoms with Crippen LogP contribution in [0.2, 0.25) is 0 Å². The van der Waals surface area contributed by atoms with Gasteiger partial charge >= 0.3 is 5.97 Å². The van der Waals surface area contributed by atoms with Crippen LogP contribution in [0.4, 0.5) is 5.69 Å². The normalized spacial score (nSPS) is 11.5. The molecule has 0 aliphatic carbocycles. The lowest BCUT2D eigenvalue weighted by molar-refractivity contribution is -0.150. The first-order valence-corrected chi connectivity index (χ1v) is 9.32. The molecule has 0 bridgehead atoms. The second-order valence-corrected chi connectivity index (χ2v) is 6.50. The summed E-state index contributed by atoms with van der Waals surface area (Å²) in [6.45, 7) is 4.61. The molecule has 6 heteroatoms. The van der Waals surface area contributed by atoms with Crippen molar-refractivity contribution in [2.75, 3.05) is 25.0 Å². The third-order valence-corrected chi connectivity index (χ3v) is 4.76. The number of hydrogen-bond acceptors (Lipinski definition) is 3. The summed E-state index contributed by atoms with van der Waals surface area (Å²) in [4.78, 5) is 39.7. The Morgan fingerprint density at radius 2 is 1.50 bits per heavy atom. The number of carbonyl (C=O) groups excluding carboxylic acids is 2. The number of carboxylic acid groups (broad SMARTS) is 1. The highest BCUT2D eigenvalue weighted by Gasteiger charge is 2.29. The van der Waals surface area contributed by atoms with Gasteiger partial charge in [0, 0.05) is 31.4 Å². The fourth-order valence-electron chi connectivity index (χ4n) is 3.02. The fourth-order valence-corrected chi connectivity index (χ4v) is 3.02. The standard InChI is InChI=1S/C22H26N2O4/c1-4-24(5-2)21(26)19(22(27)28)15-16-11-13-18(14-12-16)23(3)20(25)17-9-7-6-8-10-17/h6-14,19H,4-5,15H2,1-3H3,(H,27,28). The predicted molar refractivity (Wildman–Crippen MR) is 108 cm³/mol. The van der Waals surface area contributed by atoms with Gasteiger partial charge in [-0.3, -0.25) is 14.4 Å². The lowest BCUT2D eigenvalue weighted by Gasteiger charge is -2.23. The molecular formula is C22H26N2O4. The highest BCUT2D eigenvalue weighted by Crippen LogP contribution is 2.19. The first-order valence-electron chi connectivity index (χ1n) is 9.32. The molecule has 0 aromatic heterocycles. The number of aliphatic carboxylic acids is 1. The molecule has 6 nitrogen and oxygen atoms in total. The van der Waals surface area contributed by atoms with Crippen LogP contribution in [0.3, 0.4) is 0 Å². The van der Waals surface area contributed by atoms with Gasteiger partial charge in [-0.05, 0) is 50.1 Å². The van der Waals surface area contributed by atoms with Crippen molar-refractivity contribution in [2.24, 2.45) is 5.92 Å². The van der Waals surface area contributed by atoms with Crippen molar-refractivity contribution in [3.05, 3.63) is 65.7 Å². The van der Waals surface area contributed by atoms with Crippen molar-refractivity contribution in [3.8, 4) is 0 Å². The number of carboxylic acids is 1. The van der Waals surface area contributed by atoms with Crippen molar-refractivity contribution in [2.45, 2.75) is 20.3 Å². The topological polar surface area (TPSA) is 77.9 Å². The summed E-state index contributed by atoms with van der Waals surface area (Å²) in [5.74, 6) is -2.75. The van der Waals surface area contributed by atoms with Gasteiger partial charge in [0.1, 0.15) is 5.92 Å². The number of rotatable bonds is 8.